The molecule has 1 aliphatic carbocycles. The van der Waals surface area contributed by atoms with Crippen LogP contribution in [0, 0.1) is 6.08 Å². The number of hydrogen-bond acceptors (Lipinski definition) is 1. The second-order valence-electron chi connectivity index (χ2n) is 2.92. The van der Waals surface area contributed by atoms with Crippen molar-refractivity contribution in [3.8, 4) is 0 Å². The van der Waals surface area contributed by atoms with E-state index in [2.05, 4.69) is 53.0 Å². The fourth-order valence-corrected chi connectivity index (χ4v) is 1.86. The van der Waals surface area contributed by atoms with E-state index in [1.54, 1.807) is 0 Å². The van der Waals surface area contributed by atoms with Gasteiger partial charge in [-0.2, -0.15) is 17.7 Å². The topological polar surface area (TPSA) is 3.24 Å². The van der Waals surface area contributed by atoms with Crippen LogP contribution in [0.4, 0.5) is 0 Å². The molecule has 82 valence electrons. The van der Waals surface area contributed by atoms with Gasteiger partial charge >= 0.3 is 26.2 Å². The molecule has 1 nitrogen and oxygen atoms in total. The predicted octanol–water partition coefficient (Wildman–Crippen LogP) is -6.76. The Bertz CT molecular complexity index is 302. The van der Waals surface area contributed by atoms with Gasteiger partial charge in [0.25, 0.3) is 0 Å². The molecule has 0 saturated carbocycles. The Morgan fingerprint density at radius 3 is 2.27 bits per heavy atom. The number of fused-ring (bicyclic) bond motifs is 1. The van der Waals surface area contributed by atoms with E-state index >= 15 is 0 Å². The van der Waals surface area contributed by atoms with E-state index in [1.165, 1.54) is 16.8 Å². The summed E-state index contributed by atoms with van der Waals surface area (Å²) in [7, 11) is 2.07. The van der Waals surface area contributed by atoms with Crippen LogP contribution in [-0.2, 0) is 26.2 Å². The molecule has 1 unspecified atom stereocenters. The zero-order chi connectivity index (χ0) is 8.01. The molecule has 0 fully saturated rings. The molecule has 0 bridgehead atoms. The maximum absolute atomic E-state index is 3.50. The number of alkyl halides is 1. The molecule has 0 spiro atoms. The zero-order valence-corrected chi connectivity index (χ0v) is 14.5. The minimum Gasteiger partial charge on any atom is -1.00 e. The van der Waals surface area contributed by atoms with E-state index in [1.807, 2.05) is 0 Å². The number of nitrogens with zero attached hydrogens (tertiary/aromatic N) is 1. The third-order valence-corrected chi connectivity index (χ3v) is 2.85. The van der Waals surface area contributed by atoms with Crippen molar-refractivity contribution < 1.29 is 63.4 Å². The van der Waals surface area contributed by atoms with Crippen LogP contribution in [0.1, 0.15) is 6.92 Å². The fraction of sp³-hybridized carbons (Fsp3) is 0.333. The van der Waals surface area contributed by atoms with Crippen LogP contribution in [-0.4, -0.2) is 16.9 Å². The standard InChI is InChI=1S/C9H9BrN.3ClH.Zr/c1-6-3-7-5-9(10)11(2)8(7)4-6;;;;/h3-4,9H,1-2H3;3*1H;/q-1;;;;+4/p-3. The number of rotatable bonds is 0. The van der Waals surface area contributed by atoms with Gasteiger partial charge in [-0.3, -0.25) is 0 Å². The molecule has 0 radical (unpaired) electrons. The summed E-state index contributed by atoms with van der Waals surface area (Å²) in [4.78, 5) is 2.43. The molecule has 0 aromatic carbocycles. The van der Waals surface area contributed by atoms with Crippen molar-refractivity contribution in [1.82, 2.24) is 4.90 Å². The molecule has 2 rings (SSSR count). The zero-order valence-electron chi connectivity index (χ0n) is 8.19. The van der Waals surface area contributed by atoms with Gasteiger partial charge in [0.15, 0.2) is 0 Å². The van der Waals surface area contributed by atoms with Crippen molar-refractivity contribution in [3.63, 3.8) is 0 Å². The van der Waals surface area contributed by atoms with Crippen molar-refractivity contribution in [1.29, 1.82) is 0 Å². The van der Waals surface area contributed by atoms with Gasteiger partial charge in [-0.05, 0) is 7.05 Å². The second kappa shape index (κ2) is 8.36. The smallest absolute Gasteiger partial charge is 1.00 e. The molecule has 0 N–H and O–H groups in total. The van der Waals surface area contributed by atoms with Gasteiger partial charge in [0, 0.05) is 4.95 Å². The summed E-state index contributed by atoms with van der Waals surface area (Å²) in [6, 6.07) is 0. The summed E-state index contributed by atoms with van der Waals surface area (Å²) >= 11 is 3.50. The van der Waals surface area contributed by atoms with Crippen molar-refractivity contribution in [2.45, 2.75) is 11.9 Å². The molecule has 0 aromatic heterocycles. The minimum atomic E-state index is 0. The summed E-state index contributed by atoms with van der Waals surface area (Å²) in [5, 5.41) is 0. The summed E-state index contributed by atoms with van der Waals surface area (Å²) < 4.78 is 0. The second-order valence-corrected chi connectivity index (χ2v) is 3.79. The van der Waals surface area contributed by atoms with Crippen molar-refractivity contribution >= 4 is 15.9 Å². The number of halogens is 4. The number of allylic oxidation sites excluding steroid dienone is 3. The third kappa shape index (κ3) is 4.20. The van der Waals surface area contributed by atoms with Gasteiger partial charge in [0.1, 0.15) is 0 Å². The van der Waals surface area contributed by atoms with Gasteiger partial charge in [0.05, 0.1) is 0 Å². The van der Waals surface area contributed by atoms with Crippen LogP contribution >= 0.6 is 15.9 Å². The summed E-state index contributed by atoms with van der Waals surface area (Å²) in [6.45, 7) is 2.11. The first kappa shape index (κ1) is 21.5. The van der Waals surface area contributed by atoms with E-state index in [9.17, 15) is 0 Å². The molecule has 0 amide bonds. The van der Waals surface area contributed by atoms with Crippen LogP contribution in [0.3, 0.4) is 0 Å². The summed E-state index contributed by atoms with van der Waals surface area (Å²) in [5.41, 5.74) is 3.82. The van der Waals surface area contributed by atoms with E-state index < -0.39 is 0 Å². The van der Waals surface area contributed by atoms with E-state index in [4.69, 9.17) is 0 Å². The molecule has 1 heterocycles. The third-order valence-electron chi connectivity index (χ3n) is 2.01. The van der Waals surface area contributed by atoms with E-state index in [0.29, 0.717) is 0 Å². The first-order chi connectivity index (χ1) is 5.18. The predicted molar refractivity (Wildman–Crippen MR) is 49.1 cm³/mol. The average Bonchev–Trinajstić information content (AvgIpc) is 2.37. The fourth-order valence-electron chi connectivity index (χ4n) is 1.39. The van der Waals surface area contributed by atoms with Crippen molar-refractivity contribution in [2.75, 3.05) is 7.05 Å². The average molecular weight is 409 g/mol. The monoisotopic (exact) mass is 405 g/mol. The molecule has 1 atom stereocenters. The van der Waals surface area contributed by atoms with Crippen LogP contribution < -0.4 is 37.2 Å². The Morgan fingerprint density at radius 1 is 1.27 bits per heavy atom. The quantitative estimate of drug-likeness (QED) is 0.219. The van der Waals surface area contributed by atoms with Gasteiger partial charge in [-0.1, -0.05) is 28.6 Å². The first-order valence-electron chi connectivity index (χ1n) is 3.59. The Hall–Kier alpha value is 1.25. The normalized spacial score (nSPS) is 20.6. The molecule has 6 heteroatoms. The van der Waals surface area contributed by atoms with E-state index in [-0.39, 0.29) is 68.4 Å². The number of likely N-dealkylation sites (N-methyl/N-ethyl adjacent to an activating group) is 1. The molecular weight excluding hydrogens is 400 g/mol. The first-order valence-corrected chi connectivity index (χ1v) is 4.51. The van der Waals surface area contributed by atoms with Gasteiger partial charge in [0.2, 0.25) is 0 Å². The van der Waals surface area contributed by atoms with Gasteiger partial charge < -0.3 is 42.1 Å². The van der Waals surface area contributed by atoms with Crippen LogP contribution in [0.2, 0.25) is 0 Å². The minimum absolute atomic E-state index is 0. The maximum Gasteiger partial charge on any atom is 4.00 e. The van der Waals surface area contributed by atoms with E-state index in [0.717, 1.165) is 0 Å². The van der Waals surface area contributed by atoms with Crippen LogP contribution in [0.25, 0.3) is 0 Å². The molecule has 0 aromatic rings. The van der Waals surface area contributed by atoms with Gasteiger partial charge in [-0.25, -0.2) is 0 Å². The SMILES string of the molecule is CC1=CC2=[C-]C(Br)N(C)C2=C1.[Cl-].[Cl-].[Cl-].[Zr+4]. The summed E-state index contributed by atoms with van der Waals surface area (Å²) in [6.07, 6.45) is 7.65. The maximum atomic E-state index is 3.50. The molecular formula is C9H9BrCl3NZr. The number of hydrogen-bond donors (Lipinski definition) is 0. The molecule has 0 saturated heterocycles. The molecule has 2 aliphatic rings. The Kier molecular flexibility index (Phi) is 12.0. The largest absolute Gasteiger partial charge is 4.00 e. The van der Waals surface area contributed by atoms with Crippen LogP contribution in [0.15, 0.2) is 29.0 Å². The molecule has 1 aliphatic heterocycles. The van der Waals surface area contributed by atoms with Crippen molar-refractivity contribution in [3.05, 3.63) is 35.1 Å². The van der Waals surface area contributed by atoms with Crippen molar-refractivity contribution in [2.24, 2.45) is 0 Å². The molecule has 15 heavy (non-hydrogen) atoms. The Morgan fingerprint density at radius 2 is 1.80 bits per heavy atom. The Labute approximate surface area is 137 Å². The van der Waals surface area contributed by atoms with Gasteiger partial charge in [-0.15, -0.1) is 11.6 Å². The van der Waals surface area contributed by atoms with Crippen LogP contribution in [0.5, 0.6) is 0 Å². The Balaban J connectivity index is -0.000000360. The summed E-state index contributed by atoms with van der Waals surface area (Å²) in [5.74, 6) is 0.